The van der Waals surface area contributed by atoms with Crippen LogP contribution in [0.1, 0.15) is 16.8 Å². The molecule has 0 aliphatic heterocycles. The van der Waals surface area contributed by atoms with E-state index in [1.807, 2.05) is 13.0 Å². The van der Waals surface area contributed by atoms with Crippen molar-refractivity contribution in [2.24, 2.45) is 0 Å². The molecule has 0 atom stereocenters. The topological polar surface area (TPSA) is 44.1 Å². The van der Waals surface area contributed by atoms with E-state index in [9.17, 15) is 26.7 Å². The van der Waals surface area contributed by atoms with Gasteiger partial charge in [0.15, 0.2) is 23.3 Å². The predicted octanol–water partition coefficient (Wildman–Crippen LogP) is 6.48. The van der Waals surface area contributed by atoms with Gasteiger partial charge in [0, 0.05) is 0 Å². The van der Waals surface area contributed by atoms with Crippen LogP contribution in [-0.4, -0.2) is 15.7 Å². The second kappa shape index (κ2) is 9.91. The molecule has 0 spiro atoms. The number of aromatic nitrogens is 2. The van der Waals surface area contributed by atoms with Gasteiger partial charge in [0.1, 0.15) is 0 Å². The minimum absolute atomic E-state index is 0.0744. The molecule has 0 radical (unpaired) electrons. The molecule has 4 nitrogen and oxygen atoms in total. The van der Waals surface area contributed by atoms with Gasteiger partial charge >= 0.3 is 5.97 Å². The zero-order valence-corrected chi connectivity index (χ0v) is 19.2. The van der Waals surface area contributed by atoms with Crippen molar-refractivity contribution in [3.8, 4) is 11.6 Å². The Morgan fingerprint density at radius 2 is 1.49 bits per heavy atom. The molecule has 0 saturated heterocycles. The van der Waals surface area contributed by atoms with Gasteiger partial charge in [0.05, 0.1) is 27.6 Å². The van der Waals surface area contributed by atoms with E-state index < -0.39 is 40.0 Å². The highest BCUT2D eigenvalue weighted by atomic mass is 32.2. The monoisotopic (exact) mass is 504 g/mol. The number of hydrogen-bond donors (Lipinski definition) is 0. The summed E-state index contributed by atoms with van der Waals surface area (Å²) in [6, 6.07) is 15.6. The fourth-order valence-electron chi connectivity index (χ4n) is 3.35. The molecule has 1 aromatic heterocycles. The van der Waals surface area contributed by atoms with Gasteiger partial charge < -0.3 is 4.74 Å². The number of hydrogen-bond acceptors (Lipinski definition) is 4. The summed E-state index contributed by atoms with van der Waals surface area (Å²) >= 11 is 0.240. The largest absolute Gasteiger partial charge is 0.406 e. The van der Waals surface area contributed by atoms with E-state index in [0.717, 1.165) is 5.56 Å². The first-order valence-corrected chi connectivity index (χ1v) is 11.1. The highest BCUT2D eigenvalue weighted by Gasteiger charge is 2.30. The standard InChI is InChI=1S/C25H17F5N2O2S/c1-13-7-6-8-15(11-13)12-17(33)34-25-23(14(2)31-32(25)16-9-4-3-5-10-16)35-24-21(29)19(27)18(26)20(28)22(24)30/h3-11H,12H2,1-2H3. The van der Waals surface area contributed by atoms with Gasteiger partial charge in [-0.2, -0.15) is 9.78 Å². The van der Waals surface area contributed by atoms with Crippen molar-refractivity contribution >= 4 is 17.7 Å². The van der Waals surface area contributed by atoms with Crippen LogP contribution >= 0.6 is 11.8 Å². The highest BCUT2D eigenvalue weighted by Crippen LogP contribution is 2.42. The molecular weight excluding hydrogens is 487 g/mol. The van der Waals surface area contributed by atoms with Crippen LogP contribution in [0.2, 0.25) is 0 Å². The van der Waals surface area contributed by atoms with Crippen molar-refractivity contribution in [1.82, 2.24) is 9.78 Å². The summed E-state index contributed by atoms with van der Waals surface area (Å²) in [5.74, 6) is -11.3. The average molecular weight is 504 g/mol. The normalized spacial score (nSPS) is 11.1. The van der Waals surface area contributed by atoms with Crippen LogP contribution in [0.25, 0.3) is 5.69 Å². The third kappa shape index (κ3) is 4.93. The first-order chi connectivity index (χ1) is 16.7. The number of para-hydroxylation sites is 1. The lowest BCUT2D eigenvalue weighted by molar-refractivity contribution is -0.134. The molecular formula is C25H17F5N2O2S. The maximum absolute atomic E-state index is 14.4. The van der Waals surface area contributed by atoms with Crippen LogP contribution in [0.3, 0.4) is 0 Å². The molecule has 35 heavy (non-hydrogen) atoms. The molecule has 0 aliphatic rings. The van der Waals surface area contributed by atoms with Crippen LogP contribution in [0, 0.1) is 42.9 Å². The van der Waals surface area contributed by atoms with Gasteiger partial charge in [-0.25, -0.2) is 22.0 Å². The summed E-state index contributed by atoms with van der Waals surface area (Å²) in [4.78, 5) is 11.6. The predicted molar refractivity (Wildman–Crippen MR) is 119 cm³/mol. The van der Waals surface area contributed by atoms with E-state index in [0.29, 0.717) is 11.3 Å². The van der Waals surface area contributed by atoms with E-state index >= 15 is 0 Å². The Labute approximate surface area is 201 Å². The fraction of sp³-hybridized carbons (Fsp3) is 0.120. The lowest BCUT2D eigenvalue weighted by Gasteiger charge is -2.12. The van der Waals surface area contributed by atoms with Gasteiger partial charge in [0.25, 0.3) is 0 Å². The van der Waals surface area contributed by atoms with Crippen LogP contribution in [-0.2, 0) is 11.2 Å². The summed E-state index contributed by atoms with van der Waals surface area (Å²) in [7, 11) is 0. The van der Waals surface area contributed by atoms with Crippen LogP contribution in [0.15, 0.2) is 64.4 Å². The van der Waals surface area contributed by atoms with Crippen molar-refractivity contribution in [2.75, 3.05) is 0 Å². The zero-order chi connectivity index (χ0) is 25.3. The Morgan fingerprint density at radius 1 is 0.857 bits per heavy atom. The molecule has 4 aromatic rings. The molecule has 0 bridgehead atoms. The van der Waals surface area contributed by atoms with E-state index in [-0.39, 0.29) is 34.7 Å². The minimum atomic E-state index is -2.26. The van der Waals surface area contributed by atoms with Crippen molar-refractivity contribution in [2.45, 2.75) is 30.1 Å². The van der Waals surface area contributed by atoms with Crippen molar-refractivity contribution in [3.05, 3.63) is 101 Å². The van der Waals surface area contributed by atoms with Crippen LogP contribution in [0.5, 0.6) is 5.88 Å². The number of carbonyl (C=O) groups is 1. The number of benzene rings is 3. The third-order valence-electron chi connectivity index (χ3n) is 4.98. The quantitative estimate of drug-likeness (QED) is 0.130. The molecule has 0 amide bonds. The second-order valence-corrected chi connectivity index (χ2v) is 8.63. The Balaban J connectivity index is 1.78. The Kier molecular flexibility index (Phi) is 6.93. The van der Waals surface area contributed by atoms with E-state index in [1.54, 1.807) is 48.5 Å². The first-order valence-electron chi connectivity index (χ1n) is 10.3. The van der Waals surface area contributed by atoms with Crippen molar-refractivity contribution < 1.29 is 31.5 Å². The Morgan fingerprint density at radius 3 is 2.11 bits per heavy atom. The summed E-state index contributed by atoms with van der Waals surface area (Å²) in [5.41, 5.74) is 2.22. The van der Waals surface area contributed by atoms with Crippen LogP contribution < -0.4 is 4.74 Å². The number of nitrogens with zero attached hydrogens (tertiary/aromatic N) is 2. The fourth-order valence-corrected chi connectivity index (χ4v) is 4.32. The minimum Gasteiger partial charge on any atom is -0.406 e. The van der Waals surface area contributed by atoms with Crippen LogP contribution in [0.4, 0.5) is 22.0 Å². The molecule has 0 saturated carbocycles. The summed E-state index contributed by atoms with van der Waals surface area (Å²) in [6.45, 7) is 3.33. The summed E-state index contributed by atoms with van der Waals surface area (Å²) in [5, 5.41) is 4.29. The maximum Gasteiger partial charge on any atom is 0.317 e. The van der Waals surface area contributed by atoms with E-state index in [1.165, 1.54) is 11.6 Å². The molecule has 0 unspecified atom stereocenters. The Bertz CT molecular complexity index is 1390. The molecule has 0 N–H and O–H groups in total. The molecule has 0 fully saturated rings. The second-order valence-electron chi connectivity index (χ2n) is 7.61. The van der Waals surface area contributed by atoms with Gasteiger partial charge in [-0.05, 0) is 31.5 Å². The highest BCUT2D eigenvalue weighted by molar-refractivity contribution is 7.99. The number of esters is 1. The van der Waals surface area contributed by atoms with Gasteiger partial charge in [-0.3, -0.25) is 4.79 Å². The lowest BCUT2D eigenvalue weighted by atomic mass is 10.1. The molecule has 4 rings (SSSR count). The number of rotatable bonds is 6. The number of halogens is 5. The lowest BCUT2D eigenvalue weighted by Crippen LogP contribution is -2.14. The van der Waals surface area contributed by atoms with Crippen molar-refractivity contribution in [1.29, 1.82) is 0 Å². The molecule has 0 aliphatic carbocycles. The number of ether oxygens (including phenoxy) is 1. The summed E-state index contributed by atoms with van der Waals surface area (Å²) in [6.07, 6.45) is -0.118. The summed E-state index contributed by atoms with van der Waals surface area (Å²) < 4.78 is 76.7. The van der Waals surface area contributed by atoms with Gasteiger partial charge in [-0.1, -0.05) is 59.8 Å². The number of aryl methyl sites for hydroxylation is 2. The number of carbonyl (C=O) groups excluding carboxylic acids is 1. The van der Waals surface area contributed by atoms with Gasteiger partial charge in [0.2, 0.25) is 11.7 Å². The van der Waals surface area contributed by atoms with Gasteiger partial charge in [-0.15, -0.1) is 0 Å². The Hall–Kier alpha value is -3.66. The van der Waals surface area contributed by atoms with E-state index in [2.05, 4.69) is 5.10 Å². The van der Waals surface area contributed by atoms with Crippen molar-refractivity contribution in [3.63, 3.8) is 0 Å². The third-order valence-corrected chi connectivity index (χ3v) is 6.22. The zero-order valence-electron chi connectivity index (χ0n) is 18.4. The molecule has 180 valence electrons. The smallest absolute Gasteiger partial charge is 0.317 e. The average Bonchev–Trinajstić information content (AvgIpc) is 3.14. The van der Waals surface area contributed by atoms with E-state index in [4.69, 9.17) is 4.74 Å². The molecule has 10 heteroatoms. The SMILES string of the molecule is Cc1cccc(CC(=O)Oc2c(Sc3c(F)c(F)c(F)c(F)c3F)c(C)nn2-c2ccccc2)c1. The maximum atomic E-state index is 14.4. The molecule has 3 aromatic carbocycles. The first kappa shape index (κ1) is 24.5. The molecule has 1 heterocycles.